The van der Waals surface area contributed by atoms with Crippen LogP contribution in [0.4, 0.5) is 0 Å². The zero-order chi connectivity index (χ0) is 25.8. The Bertz CT molecular complexity index is 978. The highest BCUT2D eigenvalue weighted by atomic mass is 16.4. The largest absolute Gasteiger partial charge is 0.479 e. The van der Waals surface area contributed by atoms with Gasteiger partial charge in [-0.05, 0) is 63.7 Å². The maximum absolute atomic E-state index is 11.8. The van der Waals surface area contributed by atoms with Crippen LogP contribution in [0.3, 0.4) is 0 Å². The van der Waals surface area contributed by atoms with E-state index >= 15 is 0 Å². The van der Waals surface area contributed by atoms with E-state index in [0.717, 1.165) is 54.4 Å². The van der Waals surface area contributed by atoms with Crippen molar-refractivity contribution in [2.75, 3.05) is 19.6 Å². The molecule has 0 aromatic carbocycles. The summed E-state index contributed by atoms with van der Waals surface area (Å²) in [6.07, 6.45) is 9.96. The average Bonchev–Trinajstić information content (AvgIpc) is 2.80. The van der Waals surface area contributed by atoms with Crippen molar-refractivity contribution in [3.05, 3.63) is 59.5 Å². The molecule has 1 fully saturated rings. The van der Waals surface area contributed by atoms with Crippen LogP contribution in [0.15, 0.2) is 64.5 Å². The van der Waals surface area contributed by atoms with Gasteiger partial charge in [-0.1, -0.05) is 20.4 Å². The predicted molar refractivity (Wildman–Crippen MR) is 143 cm³/mol. The minimum Gasteiger partial charge on any atom is -0.479 e. The van der Waals surface area contributed by atoms with Gasteiger partial charge in [-0.2, -0.15) is 0 Å². The second-order valence-electron chi connectivity index (χ2n) is 10.7. The van der Waals surface area contributed by atoms with E-state index in [1.54, 1.807) is 0 Å². The summed E-state index contributed by atoms with van der Waals surface area (Å²) in [5, 5.41) is 23.1. The number of aliphatic carboxylic acids is 1. The first-order valence-electron chi connectivity index (χ1n) is 12.5. The molecule has 8 heteroatoms. The van der Waals surface area contributed by atoms with Gasteiger partial charge in [-0.15, -0.1) is 0 Å². The Balaban J connectivity index is 1.89. The Hall–Kier alpha value is -3.00. The van der Waals surface area contributed by atoms with E-state index < -0.39 is 12.0 Å². The topological polar surface area (TPSA) is 101 Å². The first-order valence-corrected chi connectivity index (χ1v) is 12.5. The van der Waals surface area contributed by atoms with E-state index in [2.05, 4.69) is 60.4 Å². The lowest BCUT2D eigenvalue weighted by molar-refractivity contribution is -0.138. The first-order chi connectivity index (χ1) is 16.4. The standard InChI is InChI=1S/C27H42N6O2/c1-17-15-28-19(3)14-23(33-12-10-27(6,7)11-13-33)32-21(5)24(29-16-17)20(4)31-22-9-8-18(2)30-25(22)26(34)35/h8-9,14-15,20,24-25,28-31H,3,10-13,16H2,1-2,4-7H3,(H,34,35)/b17-15-,23-14+,32-21+. The number of rotatable bonds is 5. The van der Waals surface area contributed by atoms with Crippen LogP contribution in [0.5, 0.6) is 0 Å². The van der Waals surface area contributed by atoms with Crippen LogP contribution >= 0.6 is 0 Å². The molecule has 3 rings (SSSR count). The van der Waals surface area contributed by atoms with Gasteiger partial charge >= 0.3 is 5.97 Å². The fourth-order valence-electron chi connectivity index (χ4n) is 4.54. The molecule has 35 heavy (non-hydrogen) atoms. The van der Waals surface area contributed by atoms with Crippen LogP contribution in [-0.2, 0) is 4.79 Å². The lowest BCUT2D eigenvalue weighted by atomic mass is 9.83. The quantitative estimate of drug-likeness (QED) is 0.410. The van der Waals surface area contributed by atoms with Gasteiger partial charge in [0, 0.05) is 60.8 Å². The Morgan fingerprint density at radius 1 is 1.26 bits per heavy atom. The van der Waals surface area contributed by atoms with Crippen molar-refractivity contribution in [1.82, 2.24) is 26.2 Å². The molecule has 0 spiro atoms. The number of nitrogens with one attached hydrogen (secondary N) is 4. The van der Waals surface area contributed by atoms with Gasteiger partial charge in [0.25, 0.3) is 0 Å². The van der Waals surface area contributed by atoms with Gasteiger partial charge in [0.05, 0.1) is 6.04 Å². The molecule has 3 aliphatic rings. The summed E-state index contributed by atoms with van der Waals surface area (Å²) in [6.45, 7) is 19.4. The Labute approximate surface area is 210 Å². The van der Waals surface area contributed by atoms with Crippen LogP contribution in [0.1, 0.15) is 54.4 Å². The summed E-state index contributed by atoms with van der Waals surface area (Å²) in [7, 11) is 0. The SMILES string of the molecule is C=C1/C=C(N2CCC(C)(C)CC2)\N=C(/C)C(C(C)NC2=CC=C(C)NC2C(=O)O)NC/C(C)=C\N1. The molecular weight excluding hydrogens is 440 g/mol. The molecule has 8 nitrogen and oxygen atoms in total. The number of carbonyl (C=O) groups is 1. The Morgan fingerprint density at radius 2 is 1.94 bits per heavy atom. The summed E-state index contributed by atoms with van der Waals surface area (Å²) in [5.41, 5.74) is 4.68. The van der Waals surface area contributed by atoms with Crippen molar-refractivity contribution >= 4 is 11.7 Å². The number of carboxylic acids is 1. The average molecular weight is 483 g/mol. The molecule has 3 atom stereocenters. The van der Waals surface area contributed by atoms with Gasteiger partial charge in [-0.25, -0.2) is 9.79 Å². The molecule has 1 saturated heterocycles. The van der Waals surface area contributed by atoms with Crippen molar-refractivity contribution in [3.63, 3.8) is 0 Å². The summed E-state index contributed by atoms with van der Waals surface area (Å²) < 4.78 is 0. The number of piperidine rings is 1. The van der Waals surface area contributed by atoms with Gasteiger partial charge in [0.15, 0.2) is 6.04 Å². The minimum atomic E-state index is -0.911. The normalized spacial score (nSPS) is 30.9. The maximum Gasteiger partial charge on any atom is 0.332 e. The van der Waals surface area contributed by atoms with Crippen LogP contribution in [-0.4, -0.2) is 59.4 Å². The lowest BCUT2D eigenvalue weighted by Gasteiger charge is -2.38. The molecule has 0 aromatic heterocycles. The molecule has 5 N–H and O–H groups in total. The Kier molecular flexibility index (Phi) is 8.48. The van der Waals surface area contributed by atoms with Crippen molar-refractivity contribution in [3.8, 4) is 0 Å². The molecule has 192 valence electrons. The fraction of sp³-hybridized carbons (Fsp3) is 0.556. The van der Waals surface area contributed by atoms with Gasteiger partial charge in [-0.3, -0.25) is 0 Å². The molecule has 0 saturated carbocycles. The first kappa shape index (κ1) is 26.6. The number of dihydropyridines is 1. The smallest absolute Gasteiger partial charge is 0.332 e. The maximum atomic E-state index is 11.8. The van der Waals surface area contributed by atoms with Crippen molar-refractivity contribution in [1.29, 1.82) is 0 Å². The van der Waals surface area contributed by atoms with Crippen molar-refractivity contribution < 1.29 is 9.90 Å². The van der Waals surface area contributed by atoms with Gasteiger partial charge in [0.1, 0.15) is 5.82 Å². The fourth-order valence-corrected chi connectivity index (χ4v) is 4.54. The van der Waals surface area contributed by atoms with E-state index in [1.807, 2.05) is 38.3 Å². The number of nitrogens with zero attached hydrogens (tertiary/aromatic N) is 2. The number of hydrogen-bond acceptors (Lipinski definition) is 7. The summed E-state index contributed by atoms with van der Waals surface area (Å²) >= 11 is 0. The van der Waals surface area contributed by atoms with E-state index in [4.69, 9.17) is 4.99 Å². The van der Waals surface area contributed by atoms with Crippen molar-refractivity contribution in [2.45, 2.75) is 72.5 Å². The zero-order valence-corrected chi connectivity index (χ0v) is 22.0. The van der Waals surface area contributed by atoms with Crippen molar-refractivity contribution in [2.24, 2.45) is 10.4 Å². The minimum absolute atomic E-state index is 0.105. The number of hydrogen-bond donors (Lipinski definition) is 5. The predicted octanol–water partition coefficient (Wildman–Crippen LogP) is 3.21. The van der Waals surface area contributed by atoms with Gasteiger partial charge in [0.2, 0.25) is 0 Å². The lowest BCUT2D eigenvalue weighted by Crippen LogP contribution is -2.54. The molecular formula is C27H42N6O2. The number of likely N-dealkylation sites (tertiary alicyclic amines) is 1. The van der Waals surface area contributed by atoms with E-state index in [-0.39, 0.29) is 12.1 Å². The number of aliphatic imine (C=N–C) groups is 1. The third-order valence-corrected chi connectivity index (χ3v) is 6.93. The molecule has 0 aliphatic carbocycles. The third kappa shape index (κ3) is 7.24. The molecule has 0 radical (unpaired) electrons. The molecule has 3 unspecified atom stereocenters. The highest BCUT2D eigenvalue weighted by Gasteiger charge is 2.30. The van der Waals surface area contributed by atoms with Crippen LogP contribution in [0, 0.1) is 5.41 Å². The van der Waals surface area contributed by atoms with Gasteiger partial charge < -0.3 is 31.3 Å². The molecule has 3 heterocycles. The zero-order valence-electron chi connectivity index (χ0n) is 22.0. The Morgan fingerprint density at radius 3 is 2.60 bits per heavy atom. The van der Waals surface area contributed by atoms with E-state index in [1.165, 1.54) is 0 Å². The molecule has 0 bridgehead atoms. The van der Waals surface area contributed by atoms with Crippen LogP contribution < -0.4 is 21.3 Å². The van der Waals surface area contributed by atoms with Crippen LogP contribution in [0.2, 0.25) is 0 Å². The second kappa shape index (κ2) is 11.2. The van der Waals surface area contributed by atoms with E-state index in [0.29, 0.717) is 17.7 Å². The number of allylic oxidation sites excluding steroid dienone is 4. The number of carboxylic acid groups (broad SMARTS) is 1. The summed E-state index contributed by atoms with van der Waals surface area (Å²) in [5.74, 6) is -0.00577. The molecule has 3 aliphatic heterocycles. The molecule has 0 amide bonds. The summed E-state index contributed by atoms with van der Waals surface area (Å²) in [6, 6.07) is -1.02. The third-order valence-electron chi connectivity index (χ3n) is 6.93. The molecule has 0 aromatic rings. The van der Waals surface area contributed by atoms with Crippen LogP contribution in [0.25, 0.3) is 0 Å². The highest BCUT2D eigenvalue weighted by molar-refractivity contribution is 5.89. The monoisotopic (exact) mass is 482 g/mol. The summed E-state index contributed by atoms with van der Waals surface area (Å²) in [4.78, 5) is 19.3. The second-order valence-corrected chi connectivity index (χ2v) is 10.7. The van der Waals surface area contributed by atoms with E-state index in [9.17, 15) is 9.90 Å². The highest BCUT2D eigenvalue weighted by Crippen LogP contribution is 2.31.